The van der Waals surface area contributed by atoms with Gasteiger partial charge in [-0.1, -0.05) is 6.07 Å². The molecule has 0 aliphatic rings. The van der Waals surface area contributed by atoms with E-state index in [9.17, 15) is 14.1 Å². The van der Waals surface area contributed by atoms with Crippen molar-refractivity contribution in [1.29, 1.82) is 0 Å². The lowest BCUT2D eigenvalue weighted by atomic mass is 9.99. The van der Waals surface area contributed by atoms with Crippen molar-refractivity contribution < 1.29 is 14.1 Å². The molecule has 0 saturated heterocycles. The summed E-state index contributed by atoms with van der Waals surface area (Å²) in [4.78, 5) is 12.5. The summed E-state index contributed by atoms with van der Waals surface area (Å²) in [5.74, 6) is 0. The second-order valence-corrected chi connectivity index (χ2v) is 7.24. The first kappa shape index (κ1) is 16.7. The highest BCUT2D eigenvalue weighted by molar-refractivity contribution is 7.84. The Labute approximate surface area is 135 Å². The van der Waals surface area contributed by atoms with Crippen LogP contribution in [0.15, 0.2) is 46.0 Å². The van der Waals surface area contributed by atoms with Gasteiger partial charge in [0.1, 0.15) is 5.60 Å². The lowest BCUT2D eigenvalue weighted by Gasteiger charge is -2.22. The van der Waals surface area contributed by atoms with Crippen molar-refractivity contribution in [3.63, 3.8) is 0 Å². The lowest BCUT2D eigenvalue weighted by Crippen LogP contribution is -2.40. The van der Waals surface area contributed by atoms with Crippen LogP contribution in [0, 0.1) is 0 Å². The fourth-order valence-electron chi connectivity index (χ4n) is 1.85. The molecule has 1 heterocycles. The van der Waals surface area contributed by atoms with Gasteiger partial charge in [0.2, 0.25) is 0 Å². The third-order valence-corrected chi connectivity index (χ3v) is 4.76. The quantitative estimate of drug-likeness (QED) is 0.784. The molecule has 0 radical (unpaired) electrons. The number of urea groups is 1. The average Bonchev–Trinajstić information content (AvgIpc) is 3.00. The molecule has 0 spiro atoms. The zero-order chi connectivity index (χ0) is 16.2. The van der Waals surface area contributed by atoms with Gasteiger partial charge in [-0.25, -0.2) is 4.79 Å². The SMILES string of the molecule is C[S@@](=O)c1cccc(NC(=O)NC[C@@](C)(O)c2ccsc2)c1. The molecule has 22 heavy (non-hydrogen) atoms. The molecule has 2 rings (SSSR count). The largest absolute Gasteiger partial charge is 0.384 e. The molecule has 0 bridgehead atoms. The Morgan fingerprint density at radius 2 is 2.18 bits per heavy atom. The number of carbonyl (C=O) groups is 1. The maximum Gasteiger partial charge on any atom is 0.319 e. The number of anilines is 1. The number of carbonyl (C=O) groups excluding carboxylic acids is 1. The summed E-state index contributed by atoms with van der Waals surface area (Å²) in [6.07, 6.45) is 1.58. The Morgan fingerprint density at radius 3 is 2.82 bits per heavy atom. The van der Waals surface area contributed by atoms with Crippen LogP contribution in [-0.4, -0.2) is 28.1 Å². The molecule has 0 unspecified atom stereocenters. The number of aliphatic hydroxyl groups is 1. The summed E-state index contributed by atoms with van der Waals surface area (Å²) in [6.45, 7) is 1.74. The Balaban J connectivity index is 1.93. The van der Waals surface area contributed by atoms with Crippen LogP contribution >= 0.6 is 11.3 Å². The molecule has 3 N–H and O–H groups in total. The smallest absolute Gasteiger partial charge is 0.319 e. The molecule has 7 heteroatoms. The highest BCUT2D eigenvalue weighted by atomic mass is 32.2. The van der Waals surface area contributed by atoms with E-state index in [1.807, 2.05) is 16.8 Å². The van der Waals surface area contributed by atoms with Crippen LogP contribution < -0.4 is 10.6 Å². The van der Waals surface area contributed by atoms with E-state index in [1.54, 1.807) is 37.4 Å². The van der Waals surface area contributed by atoms with Crippen molar-refractivity contribution in [2.45, 2.75) is 17.4 Å². The third-order valence-electron chi connectivity index (χ3n) is 3.16. The fourth-order valence-corrected chi connectivity index (χ4v) is 3.20. The van der Waals surface area contributed by atoms with E-state index < -0.39 is 22.4 Å². The van der Waals surface area contributed by atoms with E-state index in [1.165, 1.54) is 11.3 Å². The van der Waals surface area contributed by atoms with Gasteiger partial charge in [-0.2, -0.15) is 11.3 Å². The first-order chi connectivity index (χ1) is 10.4. The van der Waals surface area contributed by atoms with E-state index >= 15 is 0 Å². The zero-order valence-electron chi connectivity index (χ0n) is 12.3. The molecular weight excluding hydrogens is 320 g/mol. The number of benzene rings is 1. The van der Waals surface area contributed by atoms with E-state index in [0.29, 0.717) is 10.6 Å². The molecule has 2 atom stereocenters. The summed E-state index contributed by atoms with van der Waals surface area (Å²) in [5, 5.41) is 19.4. The maximum absolute atomic E-state index is 11.9. The third kappa shape index (κ3) is 4.40. The topological polar surface area (TPSA) is 78.4 Å². The van der Waals surface area contributed by atoms with Gasteiger partial charge in [-0.15, -0.1) is 0 Å². The predicted octanol–water partition coefficient (Wildman–Crippen LogP) is 2.51. The monoisotopic (exact) mass is 338 g/mol. The summed E-state index contributed by atoms with van der Waals surface area (Å²) >= 11 is 1.49. The second-order valence-electron chi connectivity index (χ2n) is 5.08. The molecule has 0 saturated carbocycles. The molecule has 0 fully saturated rings. The standard InChI is InChI=1S/C15H18N2O3S2/c1-15(19,11-6-7-21-9-11)10-16-14(18)17-12-4-3-5-13(8-12)22(2)20/h3-9,19H,10H2,1-2H3,(H2,16,17,18)/t15-,22-/m1/s1. The van der Waals surface area contributed by atoms with Gasteiger partial charge >= 0.3 is 6.03 Å². The van der Waals surface area contributed by atoms with Gasteiger partial charge < -0.3 is 15.7 Å². The number of rotatable bonds is 5. The van der Waals surface area contributed by atoms with Crippen LogP contribution in [0.5, 0.6) is 0 Å². The van der Waals surface area contributed by atoms with Crippen LogP contribution in [0.2, 0.25) is 0 Å². The highest BCUT2D eigenvalue weighted by Crippen LogP contribution is 2.22. The minimum absolute atomic E-state index is 0.0922. The van der Waals surface area contributed by atoms with Crippen LogP contribution in [0.3, 0.4) is 0 Å². The molecule has 5 nitrogen and oxygen atoms in total. The molecule has 1 aromatic carbocycles. The molecule has 2 aromatic rings. The van der Waals surface area contributed by atoms with E-state index in [0.717, 1.165) is 5.56 Å². The second kappa shape index (κ2) is 7.04. The summed E-state index contributed by atoms with van der Waals surface area (Å²) in [5.41, 5.74) is 0.200. The fraction of sp³-hybridized carbons (Fsp3) is 0.267. The average molecular weight is 338 g/mol. The molecule has 0 aliphatic carbocycles. The van der Waals surface area contributed by atoms with Crippen molar-refractivity contribution in [2.75, 3.05) is 18.1 Å². The highest BCUT2D eigenvalue weighted by Gasteiger charge is 2.24. The number of nitrogens with one attached hydrogen (secondary N) is 2. The minimum atomic E-state index is -1.12. The van der Waals surface area contributed by atoms with Crippen molar-refractivity contribution >= 4 is 33.9 Å². The van der Waals surface area contributed by atoms with Gasteiger partial charge in [0, 0.05) is 27.6 Å². The van der Waals surface area contributed by atoms with Gasteiger partial charge in [0.05, 0.1) is 6.54 Å². The maximum atomic E-state index is 11.9. The first-order valence-corrected chi connectivity index (χ1v) is 9.12. The van der Waals surface area contributed by atoms with E-state index in [2.05, 4.69) is 10.6 Å². The molecule has 2 amide bonds. The number of amides is 2. The summed E-state index contributed by atoms with van der Waals surface area (Å²) in [6, 6.07) is 8.24. The summed E-state index contributed by atoms with van der Waals surface area (Å²) in [7, 11) is -1.10. The van der Waals surface area contributed by atoms with Gasteiger partial charge in [0.15, 0.2) is 0 Å². The normalized spacial score (nSPS) is 14.9. The molecule has 0 aliphatic heterocycles. The van der Waals surface area contributed by atoms with Crippen LogP contribution in [0.1, 0.15) is 12.5 Å². The van der Waals surface area contributed by atoms with E-state index in [-0.39, 0.29) is 6.54 Å². The van der Waals surface area contributed by atoms with Crippen LogP contribution in [-0.2, 0) is 16.4 Å². The summed E-state index contributed by atoms with van der Waals surface area (Å²) < 4.78 is 11.4. The van der Waals surface area contributed by atoms with Crippen molar-refractivity contribution in [2.24, 2.45) is 0 Å². The first-order valence-electron chi connectivity index (χ1n) is 6.62. The minimum Gasteiger partial charge on any atom is -0.384 e. The Kier molecular flexibility index (Phi) is 5.33. The van der Waals surface area contributed by atoms with Gasteiger partial charge in [-0.05, 0) is 47.5 Å². The molecule has 1 aromatic heterocycles. The molecule has 118 valence electrons. The lowest BCUT2D eigenvalue weighted by molar-refractivity contribution is 0.0604. The molecular formula is C15H18N2O3S2. The van der Waals surface area contributed by atoms with Gasteiger partial charge in [0.25, 0.3) is 0 Å². The number of hydrogen-bond donors (Lipinski definition) is 3. The van der Waals surface area contributed by atoms with Crippen molar-refractivity contribution in [3.05, 3.63) is 46.7 Å². The van der Waals surface area contributed by atoms with Crippen LogP contribution in [0.25, 0.3) is 0 Å². The van der Waals surface area contributed by atoms with Crippen LogP contribution in [0.4, 0.5) is 10.5 Å². The van der Waals surface area contributed by atoms with E-state index in [4.69, 9.17) is 0 Å². The Morgan fingerprint density at radius 1 is 1.41 bits per heavy atom. The Hall–Kier alpha value is -1.70. The number of thiophene rings is 1. The zero-order valence-corrected chi connectivity index (χ0v) is 14.0. The van der Waals surface area contributed by atoms with Gasteiger partial charge in [-0.3, -0.25) is 4.21 Å². The Bertz CT molecular complexity index is 669. The predicted molar refractivity (Wildman–Crippen MR) is 89.7 cm³/mol. The number of hydrogen-bond acceptors (Lipinski definition) is 4. The van der Waals surface area contributed by atoms with Crippen molar-refractivity contribution in [3.8, 4) is 0 Å². The van der Waals surface area contributed by atoms with Crippen molar-refractivity contribution in [1.82, 2.24) is 5.32 Å².